The van der Waals surface area contributed by atoms with E-state index in [1.807, 2.05) is 6.07 Å². The molecule has 2 rings (SSSR count). The summed E-state index contributed by atoms with van der Waals surface area (Å²) in [6.45, 7) is 2.28. The van der Waals surface area contributed by atoms with Crippen LogP contribution in [0, 0.1) is 12.7 Å². The third kappa shape index (κ3) is 3.58. The average Bonchev–Trinajstić information content (AvgIpc) is 2.48. The Bertz CT molecular complexity index is 646. The molecule has 0 amide bonds. The van der Waals surface area contributed by atoms with Gasteiger partial charge in [-0.1, -0.05) is 23.7 Å². The standard InChI is InChI=1S/C16H17ClFNO2/c1-10-6-11(4-5-13(10)18)9-19-14-8-15(20-2)12(17)7-16(14)21-3/h4-8,19H,9H2,1-3H3. The van der Waals surface area contributed by atoms with Gasteiger partial charge in [0, 0.05) is 18.7 Å². The minimum absolute atomic E-state index is 0.204. The van der Waals surface area contributed by atoms with E-state index in [4.69, 9.17) is 21.1 Å². The number of hydrogen-bond donors (Lipinski definition) is 1. The smallest absolute Gasteiger partial charge is 0.143 e. The Morgan fingerprint density at radius 1 is 1.10 bits per heavy atom. The van der Waals surface area contributed by atoms with Gasteiger partial charge in [-0.2, -0.15) is 0 Å². The van der Waals surface area contributed by atoms with Crippen LogP contribution in [0.25, 0.3) is 0 Å². The zero-order valence-corrected chi connectivity index (χ0v) is 12.9. The molecule has 21 heavy (non-hydrogen) atoms. The Kier molecular flexibility index (Phi) is 4.91. The monoisotopic (exact) mass is 309 g/mol. The largest absolute Gasteiger partial charge is 0.495 e. The van der Waals surface area contributed by atoms with Crippen molar-refractivity contribution in [2.75, 3.05) is 19.5 Å². The Hall–Kier alpha value is -1.94. The number of halogens is 2. The summed E-state index contributed by atoms with van der Waals surface area (Å²) in [5.41, 5.74) is 2.36. The van der Waals surface area contributed by atoms with Crippen molar-refractivity contribution in [3.05, 3.63) is 52.3 Å². The Morgan fingerprint density at radius 3 is 2.43 bits per heavy atom. The van der Waals surface area contributed by atoms with Crippen LogP contribution in [0.5, 0.6) is 11.5 Å². The number of aryl methyl sites for hydroxylation is 1. The number of rotatable bonds is 5. The summed E-state index contributed by atoms with van der Waals surface area (Å²) in [4.78, 5) is 0. The normalized spacial score (nSPS) is 10.3. The van der Waals surface area contributed by atoms with Gasteiger partial charge in [0.15, 0.2) is 0 Å². The second-order valence-corrected chi connectivity index (χ2v) is 5.03. The van der Waals surface area contributed by atoms with Crippen LogP contribution in [-0.2, 0) is 6.54 Å². The Balaban J connectivity index is 2.20. The second-order valence-electron chi connectivity index (χ2n) is 4.62. The molecule has 0 aromatic heterocycles. The molecular formula is C16H17ClFNO2. The van der Waals surface area contributed by atoms with Crippen molar-refractivity contribution in [2.45, 2.75) is 13.5 Å². The van der Waals surface area contributed by atoms with E-state index in [1.165, 1.54) is 6.07 Å². The highest BCUT2D eigenvalue weighted by Crippen LogP contribution is 2.36. The molecule has 2 aromatic rings. The first kappa shape index (κ1) is 15.4. The lowest BCUT2D eigenvalue weighted by molar-refractivity contribution is 0.404. The van der Waals surface area contributed by atoms with Crippen molar-refractivity contribution in [2.24, 2.45) is 0 Å². The van der Waals surface area contributed by atoms with Gasteiger partial charge in [0.05, 0.1) is 24.9 Å². The molecule has 0 saturated carbocycles. The average molecular weight is 310 g/mol. The fourth-order valence-electron chi connectivity index (χ4n) is 2.01. The van der Waals surface area contributed by atoms with Crippen LogP contribution in [0.1, 0.15) is 11.1 Å². The Morgan fingerprint density at radius 2 is 1.81 bits per heavy atom. The molecule has 5 heteroatoms. The third-order valence-corrected chi connectivity index (χ3v) is 3.47. The first-order chi connectivity index (χ1) is 10.0. The molecule has 0 spiro atoms. The van der Waals surface area contributed by atoms with E-state index in [9.17, 15) is 4.39 Å². The predicted molar refractivity (Wildman–Crippen MR) is 83.0 cm³/mol. The maximum absolute atomic E-state index is 13.3. The summed E-state index contributed by atoms with van der Waals surface area (Å²) in [6, 6.07) is 8.49. The number of nitrogens with one attached hydrogen (secondary N) is 1. The fourth-order valence-corrected chi connectivity index (χ4v) is 2.24. The van der Waals surface area contributed by atoms with E-state index < -0.39 is 0 Å². The molecule has 0 aliphatic heterocycles. The molecule has 1 N–H and O–H groups in total. The van der Waals surface area contributed by atoms with Gasteiger partial charge < -0.3 is 14.8 Å². The molecule has 112 valence electrons. The van der Waals surface area contributed by atoms with Crippen molar-refractivity contribution in [3.8, 4) is 11.5 Å². The first-order valence-corrected chi connectivity index (χ1v) is 6.83. The number of anilines is 1. The van der Waals surface area contributed by atoms with E-state index in [0.717, 1.165) is 11.3 Å². The highest BCUT2D eigenvalue weighted by atomic mass is 35.5. The molecule has 0 radical (unpaired) electrons. The van der Waals surface area contributed by atoms with Crippen LogP contribution in [0.3, 0.4) is 0 Å². The molecule has 0 unspecified atom stereocenters. The molecule has 0 aliphatic rings. The molecule has 0 aliphatic carbocycles. The van der Waals surface area contributed by atoms with Crippen molar-refractivity contribution in [1.29, 1.82) is 0 Å². The lowest BCUT2D eigenvalue weighted by atomic mass is 10.1. The van der Waals surface area contributed by atoms with E-state index >= 15 is 0 Å². The third-order valence-electron chi connectivity index (χ3n) is 3.18. The van der Waals surface area contributed by atoms with Crippen molar-refractivity contribution in [3.63, 3.8) is 0 Å². The second kappa shape index (κ2) is 6.68. The lowest BCUT2D eigenvalue weighted by Crippen LogP contribution is -2.03. The van der Waals surface area contributed by atoms with Gasteiger partial charge >= 0.3 is 0 Å². The van der Waals surface area contributed by atoms with Crippen LogP contribution < -0.4 is 14.8 Å². The number of benzene rings is 2. The summed E-state index contributed by atoms with van der Waals surface area (Å²) in [6.07, 6.45) is 0. The molecule has 0 bridgehead atoms. The van der Waals surface area contributed by atoms with Gasteiger partial charge in [-0.05, 0) is 24.1 Å². The van der Waals surface area contributed by atoms with Gasteiger partial charge in [-0.15, -0.1) is 0 Å². The van der Waals surface area contributed by atoms with Gasteiger partial charge in [-0.3, -0.25) is 0 Å². The number of ether oxygens (including phenoxy) is 2. The molecule has 3 nitrogen and oxygen atoms in total. The molecule has 2 aromatic carbocycles. The van der Waals surface area contributed by atoms with Crippen LogP contribution in [-0.4, -0.2) is 14.2 Å². The highest BCUT2D eigenvalue weighted by molar-refractivity contribution is 6.32. The van der Waals surface area contributed by atoms with Crippen LogP contribution >= 0.6 is 11.6 Å². The molecule has 0 saturated heterocycles. The molecule has 0 fully saturated rings. The number of hydrogen-bond acceptors (Lipinski definition) is 3. The molecule has 0 atom stereocenters. The van der Waals surface area contributed by atoms with Gasteiger partial charge in [0.25, 0.3) is 0 Å². The summed E-state index contributed by atoms with van der Waals surface area (Å²) < 4.78 is 23.7. The maximum Gasteiger partial charge on any atom is 0.143 e. The molecule has 0 heterocycles. The fraction of sp³-hybridized carbons (Fsp3) is 0.250. The topological polar surface area (TPSA) is 30.5 Å². The summed E-state index contributed by atoms with van der Waals surface area (Å²) in [7, 11) is 3.13. The highest BCUT2D eigenvalue weighted by Gasteiger charge is 2.10. The van der Waals surface area contributed by atoms with Crippen molar-refractivity contribution < 1.29 is 13.9 Å². The molecular weight excluding hydrogens is 293 g/mol. The summed E-state index contributed by atoms with van der Waals surface area (Å²) in [5.74, 6) is 0.986. The minimum Gasteiger partial charge on any atom is -0.495 e. The van der Waals surface area contributed by atoms with E-state index in [-0.39, 0.29) is 5.82 Å². The van der Waals surface area contributed by atoms with Crippen molar-refractivity contribution >= 4 is 17.3 Å². The van der Waals surface area contributed by atoms with Gasteiger partial charge in [0.2, 0.25) is 0 Å². The summed E-state index contributed by atoms with van der Waals surface area (Å²) in [5, 5.41) is 3.73. The zero-order chi connectivity index (χ0) is 15.4. The Labute approximate surface area is 128 Å². The van der Waals surface area contributed by atoms with Crippen LogP contribution in [0.15, 0.2) is 30.3 Å². The maximum atomic E-state index is 13.3. The SMILES string of the molecule is COc1cc(NCc2ccc(F)c(C)c2)c(OC)cc1Cl. The van der Waals surface area contributed by atoms with E-state index in [1.54, 1.807) is 39.3 Å². The van der Waals surface area contributed by atoms with E-state index in [2.05, 4.69) is 5.32 Å². The van der Waals surface area contributed by atoms with Gasteiger partial charge in [-0.25, -0.2) is 4.39 Å². The zero-order valence-electron chi connectivity index (χ0n) is 12.2. The van der Waals surface area contributed by atoms with Crippen LogP contribution in [0.2, 0.25) is 5.02 Å². The quantitative estimate of drug-likeness (QED) is 0.887. The van der Waals surface area contributed by atoms with Crippen molar-refractivity contribution in [1.82, 2.24) is 0 Å². The summed E-state index contributed by atoms with van der Waals surface area (Å²) >= 11 is 6.06. The first-order valence-electron chi connectivity index (χ1n) is 6.45. The van der Waals surface area contributed by atoms with Gasteiger partial charge in [0.1, 0.15) is 17.3 Å². The van der Waals surface area contributed by atoms with E-state index in [0.29, 0.717) is 28.6 Å². The van der Waals surface area contributed by atoms with Crippen LogP contribution in [0.4, 0.5) is 10.1 Å². The predicted octanol–water partition coefficient (Wildman–Crippen LogP) is 4.42. The minimum atomic E-state index is -0.204. The lowest BCUT2D eigenvalue weighted by Gasteiger charge is -2.14. The number of methoxy groups -OCH3 is 2.